The molecule has 1 nitrogen and oxygen atoms in total. The Bertz CT molecular complexity index is 2420. The van der Waals surface area contributed by atoms with Gasteiger partial charge in [0.05, 0.1) is 0 Å². The molecule has 0 fully saturated rings. The van der Waals surface area contributed by atoms with Crippen LogP contribution in [0.25, 0.3) is 87.3 Å². The van der Waals surface area contributed by atoms with E-state index in [-0.39, 0.29) is 0 Å². The van der Waals surface area contributed by atoms with E-state index in [0.29, 0.717) is 0 Å². The van der Waals surface area contributed by atoms with E-state index < -0.39 is 0 Å². The van der Waals surface area contributed by atoms with Crippen LogP contribution in [-0.2, 0) is 0 Å². The van der Waals surface area contributed by atoms with Crippen LogP contribution in [0.2, 0.25) is 0 Å². The molecule has 41 heavy (non-hydrogen) atoms. The first-order valence-electron chi connectivity index (χ1n) is 14.1. The van der Waals surface area contributed by atoms with Gasteiger partial charge in [-0.3, -0.25) is 0 Å². The highest BCUT2D eigenvalue weighted by Gasteiger charge is 2.19. The van der Waals surface area contributed by atoms with E-state index in [1.54, 1.807) is 0 Å². The van der Waals surface area contributed by atoms with Gasteiger partial charge < -0.3 is 4.42 Å². The lowest BCUT2D eigenvalue weighted by Gasteiger charge is -2.19. The van der Waals surface area contributed by atoms with Gasteiger partial charge in [-0.2, -0.15) is 0 Å². The molecule has 0 saturated carbocycles. The average molecular weight is 521 g/mol. The second-order valence-electron chi connectivity index (χ2n) is 10.8. The Morgan fingerprint density at radius 1 is 0.341 bits per heavy atom. The van der Waals surface area contributed by atoms with E-state index in [1.165, 1.54) is 70.7 Å². The van der Waals surface area contributed by atoms with Gasteiger partial charge in [-0.05, 0) is 83.5 Å². The lowest BCUT2D eigenvalue weighted by atomic mass is 9.84. The smallest absolute Gasteiger partial charge is 0.136 e. The number of furan rings is 1. The minimum absolute atomic E-state index is 0.927. The Labute approximate surface area is 236 Å². The van der Waals surface area contributed by atoms with Gasteiger partial charge in [0.15, 0.2) is 0 Å². The number of hydrogen-bond acceptors (Lipinski definition) is 1. The maximum Gasteiger partial charge on any atom is 0.136 e. The maximum absolute atomic E-state index is 6.24. The van der Waals surface area contributed by atoms with Crippen molar-refractivity contribution in [3.05, 3.63) is 146 Å². The number of benzene rings is 8. The molecule has 0 aliphatic heterocycles. The molecule has 9 aromatic rings. The molecule has 0 bridgehead atoms. The van der Waals surface area contributed by atoms with Crippen LogP contribution in [0, 0.1) is 0 Å². The first kappa shape index (κ1) is 22.4. The predicted molar refractivity (Wildman–Crippen MR) is 175 cm³/mol. The summed E-state index contributed by atoms with van der Waals surface area (Å²) >= 11 is 0. The number of hydrogen-bond donors (Lipinski definition) is 0. The van der Waals surface area contributed by atoms with Crippen LogP contribution in [0.3, 0.4) is 0 Å². The van der Waals surface area contributed by atoms with Crippen LogP contribution < -0.4 is 0 Å². The number of para-hydroxylation sites is 1. The third-order valence-corrected chi connectivity index (χ3v) is 8.64. The van der Waals surface area contributed by atoms with Gasteiger partial charge >= 0.3 is 0 Å². The third-order valence-electron chi connectivity index (χ3n) is 8.64. The summed E-state index contributed by atoms with van der Waals surface area (Å²) in [7, 11) is 0. The molecule has 0 unspecified atom stereocenters. The van der Waals surface area contributed by atoms with Crippen LogP contribution in [0.1, 0.15) is 0 Å². The topological polar surface area (TPSA) is 13.1 Å². The highest BCUT2D eigenvalue weighted by atomic mass is 16.3. The van der Waals surface area contributed by atoms with E-state index in [2.05, 4.69) is 140 Å². The largest absolute Gasteiger partial charge is 0.456 e. The standard InChI is InChI=1S/C40H24O/c1-2-11-26-24-27(21-20-25(26)10-1)38-31-12-3-5-14-33(31)39(34-15-6-4-13-32(34)38)29-17-9-18-30-28(29)22-23-37-40(30)35-16-7-8-19-36(35)41-37/h1-24H. The minimum atomic E-state index is 0.927. The van der Waals surface area contributed by atoms with Gasteiger partial charge in [0, 0.05) is 10.8 Å². The molecule has 0 saturated heterocycles. The van der Waals surface area contributed by atoms with E-state index in [1.807, 2.05) is 6.07 Å². The monoisotopic (exact) mass is 520 g/mol. The second-order valence-corrected chi connectivity index (χ2v) is 10.8. The maximum atomic E-state index is 6.24. The van der Waals surface area contributed by atoms with Crippen LogP contribution in [0.4, 0.5) is 0 Å². The number of rotatable bonds is 2. The summed E-state index contributed by atoms with van der Waals surface area (Å²) in [5.74, 6) is 0. The fourth-order valence-corrected chi connectivity index (χ4v) is 6.87. The van der Waals surface area contributed by atoms with Gasteiger partial charge in [0.2, 0.25) is 0 Å². The summed E-state index contributed by atoms with van der Waals surface area (Å²) in [5, 5.41) is 12.4. The van der Waals surface area contributed by atoms with Crippen molar-refractivity contribution >= 4 is 65.0 Å². The summed E-state index contributed by atoms with van der Waals surface area (Å²) in [5.41, 5.74) is 6.90. The summed E-state index contributed by atoms with van der Waals surface area (Å²) < 4.78 is 6.24. The van der Waals surface area contributed by atoms with Crippen molar-refractivity contribution in [2.45, 2.75) is 0 Å². The highest BCUT2D eigenvalue weighted by molar-refractivity contribution is 6.26. The Hall–Kier alpha value is -5.40. The average Bonchev–Trinajstić information content (AvgIpc) is 3.42. The summed E-state index contributed by atoms with van der Waals surface area (Å²) in [4.78, 5) is 0. The van der Waals surface area contributed by atoms with Gasteiger partial charge in [0.1, 0.15) is 11.2 Å². The molecule has 190 valence electrons. The second kappa shape index (κ2) is 8.55. The lowest BCUT2D eigenvalue weighted by Crippen LogP contribution is -1.91. The molecule has 0 radical (unpaired) electrons. The zero-order valence-corrected chi connectivity index (χ0v) is 22.3. The van der Waals surface area contributed by atoms with Gasteiger partial charge in [0.25, 0.3) is 0 Å². The number of fused-ring (bicyclic) bond motifs is 8. The molecular formula is C40H24O. The van der Waals surface area contributed by atoms with Crippen molar-refractivity contribution in [2.75, 3.05) is 0 Å². The minimum Gasteiger partial charge on any atom is -0.456 e. The van der Waals surface area contributed by atoms with Crippen LogP contribution >= 0.6 is 0 Å². The summed E-state index contributed by atoms with van der Waals surface area (Å²) in [6, 6.07) is 52.6. The fraction of sp³-hybridized carbons (Fsp3) is 0. The molecule has 0 atom stereocenters. The zero-order chi connectivity index (χ0) is 26.9. The molecule has 9 rings (SSSR count). The van der Waals surface area contributed by atoms with Crippen molar-refractivity contribution in [3.8, 4) is 22.3 Å². The van der Waals surface area contributed by atoms with Crippen LogP contribution in [-0.4, -0.2) is 0 Å². The van der Waals surface area contributed by atoms with E-state index in [0.717, 1.165) is 16.6 Å². The van der Waals surface area contributed by atoms with E-state index >= 15 is 0 Å². The SMILES string of the molecule is c1ccc2cc(-c3c4ccccc4c(-c4cccc5c4ccc4oc6ccccc6c45)c4ccccc34)ccc2c1. The van der Waals surface area contributed by atoms with Crippen molar-refractivity contribution in [1.29, 1.82) is 0 Å². The van der Waals surface area contributed by atoms with Crippen molar-refractivity contribution in [1.82, 2.24) is 0 Å². The first-order valence-corrected chi connectivity index (χ1v) is 14.1. The van der Waals surface area contributed by atoms with Crippen LogP contribution in [0.15, 0.2) is 150 Å². The quantitative estimate of drug-likeness (QED) is 0.207. The van der Waals surface area contributed by atoms with Gasteiger partial charge in [-0.1, -0.05) is 127 Å². The summed E-state index contributed by atoms with van der Waals surface area (Å²) in [6.45, 7) is 0. The zero-order valence-electron chi connectivity index (χ0n) is 22.3. The molecule has 1 heterocycles. The van der Waals surface area contributed by atoms with E-state index in [9.17, 15) is 0 Å². The fourth-order valence-electron chi connectivity index (χ4n) is 6.87. The van der Waals surface area contributed by atoms with Crippen molar-refractivity contribution in [2.24, 2.45) is 0 Å². The van der Waals surface area contributed by atoms with Crippen LogP contribution in [0.5, 0.6) is 0 Å². The Balaban J connectivity index is 1.42. The predicted octanol–water partition coefficient (Wildman–Crippen LogP) is 11.5. The molecule has 1 aromatic heterocycles. The molecule has 0 amide bonds. The van der Waals surface area contributed by atoms with Gasteiger partial charge in [-0.25, -0.2) is 0 Å². The van der Waals surface area contributed by atoms with Crippen molar-refractivity contribution < 1.29 is 4.42 Å². The molecule has 8 aromatic carbocycles. The normalized spacial score (nSPS) is 11.9. The molecule has 0 aliphatic carbocycles. The lowest BCUT2D eigenvalue weighted by molar-refractivity contribution is 0.669. The Kier molecular flexibility index (Phi) is 4.67. The Morgan fingerprint density at radius 3 is 1.71 bits per heavy atom. The van der Waals surface area contributed by atoms with Gasteiger partial charge in [-0.15, -0.1) is 0 Å². The molecular weight excluding hydrogens is 496 g/mol. The Morgan fingerprint density at radius 2 is 0.951 bits per heavy atom. The summed E-state index contributed by atoms with van der Waals surface area (Å²) in [6.07, 6.45) is 0. The molecule has 0 spiro atoms. The van der Waals surface area contributed by atoms with Crippen molar-refractivity contribution in [3.63, 3.8) is 0 Å². The molecule has 1 heteroatoms. The highest BCUT2D eigenvalue weighted by Crippen LogP contribution is 2.46. The molecule has 0 N–H and O–H groups in total. The molecule has 0 aliphatic rings. The first-order chi connectivity index (χ1) is 20.3. The van der Waals surface area contributed by atoms with E-state index in [4.69, 9.17) is 4.42 Å². The third kappa shape index (κ3) is 3.24.